The third kappa shape index (κ3) is 11.6. The SMILES string of the molecule is C=CCNCC(=O)O.[NaH]. The molecule has 2 N–H and O–H groups in total. The minimum atomic E-state index is -0.841. The van der Waals surface area contributed by atoms with Crippen LogP contribution >= 0.6 is 0 Å². The van der Waals surface area contributed by atoms with Crippen LogP contribution in [0.2, 0.25) is 0 Å². The van der Waals surface area contributed by atoms with Gasteiger partial charge in [-0.1, -0.05) is 6.08 Å². The van der Waals surface area contributed by atoms with Gasteiger partial charge in [0, 0.05) is 6.54 Å². The van der Waals surface area contributed by atoms with E-state index in [0.717, 1.165) is 0 Å². The molecule has 0 atom stereocenters. The normalized spacial score (nSPS) is 7.56. The monoisotopic (exact) mass is 139 g/mol. The van der Waals surface area contributed by atoms with E-state index in [1.54, 1.807) is 6.08 Å². The number of carbonyl (C=O) groups is 1. The second-order valence-corrected chi connectivity index (χ2v) is 1.31. The molecule has 0 aliphatic carbocycles. The average Bonchev–Trinajstić information content (AvgIpc) is 1.66. The van der Waals surface area contributed by atoms with Crippen molar-refractivity contribution in [1.82, 2.24) is 5.32 Å². The second kappa shape index (κ2) is 8.17. The summed E-state index contributed by atoms with van der Waals surface area (Å²) in [5.74, 6) is -0.841. The first-order chi connectivity index (χ1) is 3.77. The van der Waals surface area contributed by atoms with Crippen LogP contribution in [0.4, 0.5) is 0 Å². The van der Waals surface area contributed by atoms with Crippen molar-refractivity contribution in [1.29, 1.82) is 0 Å². The summed E-state index contributed by atoms with van der Waals surface area (Å²) in [5, 5.41) is 10.7. The van der Waals surface area contributed by atoms with Crippen LogP contribution in [0.1, 0.15) is 0 Å². The van der Waals surface area contributed by atoms with Crippen LogP contribution in [0.15, 0.2) is 12.7 Å². The quantitative estimate of drug-likeness (QED) is 0.304. The number of hydrogen-bond acceptors (Lipinski definition) is 2. The Hall–Kier alpha value is 0.170. The first-order valence-corrected chi connectivity index (χ1v) is 2.30. The molecule has 0 saturated heterocycles. The van der Waals surface area contributed by atoms with Gasteiger partial charge in [-0.3, -0.25) is 4.79 Å². The molecule has 0 heterocycles. The van der Waals surface area contributed by atoms with Crippen molar-refractivity contribution in [2.24, 2.45) is 0 Å². The number of rotatable bonds is 4. The van der Waals surface area contributed by atoms with E-state index in [1.807, 2.05) is 0 Å². The molecule has 0 amide bonds. The van der Waals surface area contributed by atoms with Crippen molar-refractivity contribution in [3.8, 4) is 0 Å². The Morgan fingerprint density at radius 1 is 1.78 bits per heavy atom. The summed E-state index contributed by atoms with van der Waals surface area (Å²) in [7, 11) is 0. The van der Waals surface area contributed by atoms with Gasteiger partial charge in [0.25, 0.3) is 0 Å². The molecule has 0 spiro atoms. The van der Waals surface area contributed by atoms with Crippen LogP contribution in [0.5, 0.6) is 0 Å². The van der Waals surface area contributed by atoms with Gasteiger partial charge in [-0.05, 0) is 0 Å². The van der Waals surface area contributed by atoms with Gasteiger partial charge in [0.1, 0.15) is 0 Å². The van der Waals surface area contributed by atoms with Gasteiger partial charge in [0.05, 0.1) is 6.54 Å². The molecule has 0 rings (SSSR count). The summed E-state index contributed by atoms with van der Waals surface area (Å²) >= 11 is 0. The van der Waals surface area contributed by atoms with E-state index < -0.39 is 5.97 Å². The van der Waals surface area contributed by atoms with E-state index in [4.69, 9.17) is 5.11 Å². The van der Waals surface area contributed by atoms with Crippen molar-refractivity contribution in [3.63, 3.8) is 0 Å². The molecule has 0 aromatic rings. The first kappa shape index (κ1) is 11.9. The molecule has 4 heteroatoms. The zero-order chi connectivity index (χ0) is 6.41. The van der Waals surface area contributed by atoms with E-state index in [9.17, 15) is 4.79 Å². The summed E-state index contributed by atoms with van der Waals surface area (Å²) in [6, 6.07) is 0. The van der Waals surface area contributed by atoms with Crippen LogP contribution in [0.25, 0.3) is 0 Å². The van der Waals surface area contributed by atoms with Crippen molar-refractivity contribution in [2.75, 3.05) is 13.1 Å². The summed E-state index contributed by atoms with van der Waals surface area (Å²) in [6.07, 6.45) is 1.61. The predicted octanol–water partition coefficient (Wildman–Crippen LogP) is -0.802. The van der Waals surface area contributed by atoms with Crippen LogP contribution in [0.3, 0.4) is 0 Å². The summed E-state index contributed by atoms with van der Waals surface area (Å²) < 4.78 is 0. The summed E-state index contributed by atoms with van der Waals surface area (Å²) in [6.45, 7) is 3.96. The Bertz CT molecular complexity index is 95.0. The van der Waals surface area contributed by atoms with Gasteiger partial charge >= 0.3 is 35.5 Å². The predicted molar refractivity (Wildman–Crippen MR) is 37.9 cm³/mol. The van der Waals surface area contributed by atoms with Crippen LogP contribution in [-0.4, -0.2) is 53.7 Å². The molecule has 9 heavy (non-hydrogen) atoms. The zero-order valence-corrected chi connectivity index (χ0v) is 4.55. The van der Waals surface area contributed by atoms with E-state index in [0.29, 0.717) is 6.54 Å². The van der Waals surface area contributed by atoms with E-state index >= 15 is 0 Å². The van der Waals surface area contributed by atoms with Crippen molar-refractivity contribution >= 4 is 35.5 Å². The second-order valence-electron chi connectivity index (χ2n) is 1.31. The molecule has 48 valence electrons. The molecule has 0 saturated carbocycles. The average molecular weight is 139 g/mol. The molecular formula is C5H10NNaO2. The molecule has 0 radical (unpaired) electrons. The van der Waals surface area contributed by atoms with Gasteiger partial charge in [-0.25, -0.2) is 0 Å². The molecule has 0 aliphatic heterocycles. The van der Waals surface area contributed by atoms with Crippen molar-refractivity contribution < 1.29 is 9.90 Å². The third-order valence-electron chi connectivity index (χ3n) is 0.565. The molecule has 0 fully saturated rings. The standard InChI is InChI=1S/C5H9NO2.Na.H/c1-2-3-6-4-5(7)8;;/h2,6H,1,3-4H2,(H,7,8);;. The number of nitrogens with one attached hydrogen (secondary N) is 1. The van der Waals surface area contributed by atoms with E-state index in [1.165, 1.54) is 0 Å². The Balaban J connectivity index is 0. The van der Waals surface area contributed by atoms with Crippen molar-refractivity contribution in [2.45, 2.75) is 0 Å². The van der Waals surface area contributed by atoms with Gasteiger partial charge < -0.3 is 10.4 Å². The molecule has 0 aromatic heterocycles. The van der Waals surface area contributed by atoms with Gasteiger partial charge in [-0.15, -0.1) is 6.58 Å². The Morgan fingerprint density at radius 3 is 2.67 bits per heavy atom. The van der Waals surface area contributed by atoms with Gasteiger partial charge in [-0.2, -0.15) is 0 Å². The molecule has 0 bridgehead atoms. The fraction of sp³-hybridized carbons (Fsp3) is 0.400. The van der Waals surface area contributed by atoms with Gasteiger partial charge in [0.2, 0.25) is 0 Å². The Morgan fingerprint density at radius 2 is 2.33 bits per heavy atom. The number of hydrogen-bond donors (Lipinski definition) is 2. The summed E-state index contributed by atoms with van der Waals surface area (Å²) in [5.41, 5.74) is 0. The topological polar surface area (TPSA) is 49.3 Å². The zero-order valence-electron chi connectivity index (χ0n) is 4.55. The fourth-order valence-corrected chi connectivity index (χ4v) is 0.281. The number of carboxylic acid groups (broad SMARTS) is 1. The minimum absolute atomic E-state index is 0. The summed E-state index contributed by atoms with van der Waals surface area (Å²) in [4.78, 5) is 9.78. The molecule has 0 aliphatic rings. The van der Waals surface area contributed by atoms with Crippen LogP contribution in [0, 0.1) is 0 Å². The Kier molecular flexibility index (Phi) is 10.8. The van der Waals surface area contributed by atoms with Crippen molar-refractivity contribution in [3.05, 3.63) is 12.7 Å². The third-order valence-corrected chi connectivity index (χ3v) is 0.565. The molecule has 3 nitrogen and oxygen atoms in total. The molecular weight excluding hydrogens is 129 g/mol. The van der Waals surface area contributed by atoms with Gasteiger partial charge in [0.15, 0.2) is 0 Å². The van der Waals surface area contributed by atoms with E-state index in [-0.39, 0.29) is 36.1 Å². The molecule has 0 unspecified atom stereocenters. The maximum atomic E-state index is 9.78. The number of aliphatic carboxylic acids is 1. The maximum absolute atomic E-state index is 9.78. The van der Waals surface area contributed by atoms with Crippen LogP contribution < -0.4 is 5.32 Å². The Labute approximate surface area is 76.4 Å². The van der Waals surface area contributed by atoms with E-state index in [2.05, 4.69) is 11.9 Å². The first-order valence-electron chi connectivity index (χ1n) is 2.30. The molecule has 0 aromatic carbocycles. The van der Waals surface area contributed by atoms with Crippen LogP contribution in [-0.2, 0) is 4.79 Å². The fourth-order valence-electron chi connectivity index (χ4n) is 0.281. The number of carboxylic acids is 1.